The molecule has 0 bridgehead atoms. The van der Waals surface area contributed by atoms with Gasteiger partial charge in [-0.05, 0) is 32.4 Å². The summed E-state index contributed by atoms with van der Waals surface area (Å²) >= 11 is 0. The molecule has 5 heteroatoms. The Bertz CT molecular complexity index is 353. The molecule has 0 aliphatic rings. The van der Waals surface area contributed by atoms with Gasteiger partial charge in [-0.2, -0.15) is 13.2 Å². The van der Waals surface area contributed by atoms with Crippen LogP contribution >= 0.6 is 0 Å². The van der Waals surface area contributed by atoms with E-state index in [9.17, 15) is 13.2 Å². The van der Waals surface area contributed by atoms with E-state index in [4.69, 9.17) is 0 Å². The van der Waals surface area contributed by atoms with E-state index in [-0.39, 0.29) is 17.6 Å². The van der Waals surface area contributed by atoms with Gasteiger partial charge >= 0.3 is 6.18 Å². The summed E-state index contributed by atoms with van der Waals surface area (Å²) < 4.78 is 37.8. The highest BCUT2D eigenvalue weighted by Crippen LogP contribution is 2.31. The second-order valence-electron chi connectivity index (χ2n) is 4.63. The first-order valence-corrected chi connectivity index (χ1v) is 4.95. The first-order valence-electron chi connectivity index (χ1n) is 4.95. The lowest BCUT2D eigenvalue weighted by molar-refractivity contribution is -0.138. The summed E-state index contributed by atoms with van der Waals surface area (Å²) in [4.78, 5) is 3.72. The molecule has 0 radical (unpaired) electrons. The molecular formula is C11H15F3N2. The Morgan fingerprint density at radius 2 is 1.88 bits per heavy atom. The first kappa shape index (κ1) is 13.0. The van der Waals surface area contributed by atoms with Crippen LogP contribution in [0.25, 0.3) is 0 Å². The lowest BCUT2D eigenvalue weighted by Gasteiger charge is -2.21. The Morgan fingerprint density at radius 3 is 2.38 bits per heavy atom. The van der Waals surface area contributed by atoms with Crippen molar-refractivity contribution in [3.05, 3.63) is 29.6 Å². The quantitative estimate of drug-likeness (QED) is 0.847. The molecule has 16 heavy (non-hydrogen) atoms. The van der Waals surface area contributed by atoms with E-state index < -0.39 is 11.7 Å². The molecule has 0 fully saturated rings. The Hall–Kier alpha value is -1.10. The maximum absolute atomic E-state index is 12.6. The average molecular weight is 232 g/mol. The van der Waals surface area contributed by atoms with Crippen molar-refractivity contribution in [1.29, 1.82) is 0 Å². The lowest BCUT2D eigenvalue weighted by Crippen LogP contribution is -2.35. The van der Waals surface area contributed by atoms with Crippen molar-refractivity contribution in [3.8, 4) is 0 Å². The summed E-state index contributed by atoms with van der Waals surface area (Å²) in [5, 5.41) is 3.01. The second kappa shape index (κ2) is 4.41. The molecule has 1 rings (SSSR count). The van der Waals surface area contributed by atoms with Crippen LogP contribution in [0.15, 0.2) is 18.5 Å². The van der Waals surface area contributed by atoms with Crippen molar-refractivity contribution >= 4 is 0 Å². The number of alkyl halides is 3. The number of nitrogens with one attached hydrogen (secondary N) is 1. The molecule has 90 valence electrons. The number of hydrogen-bond donors (Lipinski definition) is 1. The number of halogens is 3. The van der Waals surface area contributed by atoms with Gasteiger partial charge in [0.15, 0.2) is 0 Å². The minimum absolute atomic E-state index is 0.159. The summed E-state index contributed by atoms with van der Waals surface area (Å²) in [7, 11) is 0. The van der Waals surface area contributed by atoms with Crippen LogP contribution in [0.5, 0.6) is 0 Å². The van der Waals surface area contributed by atoms with Crippen LogP contribution in [0.2, 0.25) is 0 Å². The van der Waals surface area contributed by atoms with Crippen molar-refractivity contribution < 1.29 is 13.2 Å². The molecule has 0 atom stereocenters. The third-order valence-electron chi connectivity index (χ3n) is 2.02. The van der Waals surface area contributed by atoms with E-state index in [0.29, 0.717) is 0 Å². The molecule has 1 heterocycles. The van der Waals surface area contributed by atoms with Gasteiger partial charge < -0.3 is 5.32 Å². The number of hydrogen-bond acceptors (Lipinski definition) is 2. The normalized spacial score (nSPS) is 12.9. The molecule has 2 nitrogen and oxygen atoms in total. The third-order valence-corrected chi connectivity index (χ3v) is 2.02. The smallest absolute Gasteiger partial charge is 0.308 e. The third kappa shape index (κ3) is 3.81. The minimum atomic E-state index is -4.32. The molecule has 0 saturated carbocycles. The van der Waals surface area contributed by atoms with Gasteiger partial charge in [-0.25, -0.2) is 0 Å². The molecule has 1 aromatic rings. The fraction of sp³-hybridized carbons (Fsp3) is 0.545. The summed E-state index contributed by atoms with van der Waals surface area (Å²) in [6.07, 6.45) is -1.91. The molecule has 0 spiro atoms. The SMILES string of the molecule is CC(C)(C)NCc1cnccc1C(F)(F)F. The van der Waals surface area contributed by atoms with E-state index in [1.54, 1.807) is 0 Å². The van der Waals surface area contributed by atoms with Crippen molar-refractivity contribution in [2.75, 3.05) is 0 Å². The Morgan fingerprint density at radius 1 is 1.25 bits per heavy atom. The number of pyridine rings is 1. The molecule has 1 aromatic heterocycles. The molecule has 0 aromatic carbocycles. The van der Waals surface area contributed by atoms with E-state index >= 15 is 0 Å². The topological polar surface area (TPSA) is 24.9 Å². The van der Waals surface area contributed by atoms with E-state index in [1.165, 1.54) is 6.20 Å². The Kier molecular flexibility index (Phi) is 3.57. The fourth-order valence-corrected chi connectivity index (χ4v) is 1.20. The van der Waals surface area contributed by atoms with E-state index in [2.05, 4.69) is 10.3 Å². The van der Waals surface area contributed by atoms with Gasteiger partial charge in [0.1, 0.15) is 0 Å². The zero-order chi connectivity index (χ0) is 12.4. The van der Waals surface area contributed by atoms with Crippen molar-refractivity contribution in [2.24, 2.45) is 0 Å². The number of aromatic nitrogens is 1. The highest BCUT2D eigenvalue weighted by molar-refractivity contribution is 5.26. The molecule has 0 saturated heterocycles. The minimum Gasteiger partial charge on any atom is -0.308 e. The summed E-state index contributed by atoms with van der Waals surface area (Å²) in [5.41, 5.74) is -0.678. The van der Waals surface area contributed by atoms with Crippen LogP contribution in [-0.2, 0) is 12.7 Å². The fourth-order valence-electron chi connectivity index (χ4n) is 1.20. The number of rotatable bonds is 2. The Balaban J connectivity index is 2.88. The van der Waals surface area contributed by atoms with Crippen molar-refractivity contribution in [1.82, 2.24) is 10.3 Å². The first-order chi connectivity index (χ1) is 7.20. The second-order valence-corrected chi connectivity index (χ2v) is 4.63. The molecule has 0 amide bonds. The van der Waals surface area contributed by atoms with Crippen LogP contribution in [0, 0.1) is 0 Å². The van der Waals surface area contributed by atoms with Gasteiger partial charge in [0.25, 0.3) is 0 Å². The summed E-state index contributed by atoms with van der Waals surface area (Å²) in [6.45, 7) is 5.86. The van der Waals surface area contributed by atoms with Gasteiger partial charge in [0.2, 0.25) is 0 Å². The van der Waals surface area contributed by atoms with Gasteiger partial charge in [0, 0.05) is 24.5 Å². The van der Waals surface area contributed by atoms with Gasteiger partial charge in [-0.1, -0.05) is 0 Å². The maximum Gasteiger partial charge on any atom is 0.416 e. The maximum atomic E-state index is 12.6. The molecule has 0 unspecified atom stereocenters. The van der Waals surface area contributed by atoms with Crippen LogP contribution in [-0.4, -0.2) is 10.5 Å². The predicted molar refractivity (Wildman–Crippen MR) is 55.8 cm³/mol. The highest BCUT2D eigenvalue weighted by Gasteiger charge is 2.33. The van der Waals surface area contributed by atoms with Crippen LogP contribution in [0.4, 0.5) is 13.2 Å². The largest absolute Gasteiger partial charge is 0.416 e. The molecule has 1 N–H and O–H groups in total. The lowest BCUT2D eigenvalue weighted by atomic mass is 10.1. The van der Waals surface area contributed by atoms with Crippen LogP contribution in [0.1, 0.15) is 31.9 Å². The van der Waals surface area contributed by atoms with Gasteiger partial charge in [-0.3, -0.25) is 4.98 Å². The molecule has 0 aliphatic carbocycles. The van der Waals surface area contributed by atoms with Gasteiger partial charge in [0.05, 0.1) is 5.56 Å². The van der Waals surface area contributed by atoms with Crippen molar-refractivity contribution in [2.45, 2.75) is 39.0 Å². The van der Waals surface area contributed by atoms with E-state index in [0.717, 1.165) is 12.3 Å². The molecule has 0 aliphatic heterocycles. The zero-order valence-corrected chi connectivity index (χ0v) is 9.52. The van der Waals surface area contributed by atoms with Crippen LogP contribution < -0.4 is 5.32 Å². The average Bonchev–Trinajstić information content (AvgIpc) is 2.12. The monoisotopic (exact) mass is 232 g/mol. The highest BCUT2D eigenvalue weighted by atomic mass is 19.4. The zero-order valence-electron chi connectivity index (χ0n) is 9.52. The van der Waals surface area contributed by atoms with E-state index in [1.807, 2.05) is 20.8 Å². The summed E-state index contributed by atoms with van der Waals surface area (Å²) in [5.74, 6) is 0. The number of nitrogens with zero attached hydrogens (tertiary/aromatic N) is 1. The Labute approximate surface area is 92.9 Å². The van der Waals surface area contributed by atoms with Gasteiger partial charge in [-0.15, -0.1) is 0 Å². The van der Waals surface area contributed by atoms with Crippen molar-refractivity contribution in [3.63, 3.8) is 0 Å². The predicted octanol–water partition coefficient (Wildman–Crippen LogP) is 2.99. The molecular weight excluding hydrogens is 217 g/mol. The summed E-state index contributed by atoms with van der Waals surface area (Å²) in [6, 6.07) is 1.000. The van der Waals surface area contributed by atoms with Crippen LogP contribution in [0.3, 0.4) is 0 Å². The standard InChI is InChI=1S/C11H15F3N2/c1-10(2,3)16-7-8-6-15-5-4-9(8)11(12,13)14/h4-6,16H,7H2,1-3H3.